The minimum atomic E-state index is -0.786. The van der Waals surface area contributed by atoms with E-state index in [1.54, 1.807) is 0 Å². The maximum absolute atomic E-state index is 12.4. The summed E-state index contributed by atoms with van der Waals surface area (Å²) in [4.78, 5) is 34.8. The standard InChI is InChI=1S/C13H17N7O4/c1-5-19-6-8(9(17-19)12(21)14-3)15-13(22)10-11(20(23)24)7(2)18(4)16-10/h6H,5H2,1-4H3,(H,14,21)(H,15,22). The Morgan fingerprint density at radius 2 is 1.96 bits per heavy atom. The third kappa shape index (κ3) is 2.95. The molecule has 0 aliphatic carbocycles. The van der Waals surface area contributed by atoms with Crippen molar-refractivity contribution in [2.24, 2.45) is 7.05 Å². The van der Waals surface area contributed by atoms with Crippen LogP contribution >= 0.6 is 0 Å². The lowest BCUT2D eigenvalue weighted by Crippen LogP contribution is -2.22. The van der Waals surface area contributed by atoms with Gasteiger partial charge in [-0.05, 0) is 13.8 Å². The molecule has 128 valence electrons. The van der Waals surface area contributed by atoms with Crippen LogP contribution in [0.3, 0.4) is 0 Å². The van der Waals surface area contributed by atoms with Crippen LogP contribution in [-0.2, 0) is 13.6 Å². The van der Waals surface area contributed by atoms with Gasteiger partial charge in [0.1, 0.15) is 5.69 Å². The van der Waals surface area contributed by atoms with Gasteiger partial charge in [-0.3, -0.25) is 29.1 Å². The molecule has 0 aliphatic heterocycles. The highest BCUT2D eigenvalue weighted by molar-refractivity contribution is 6.09. The van der Waals surface area contributed by atoms with Gasteiger partial charge in [-0.1, -0.05) is 0 Å². The topological polar surface area (TPSA) is 137 Å². The molecule has 11 heteroatoms. The van der Waals surface area contributed by atoms with E-state index in [9.17, 15) is 19.7 Å². The zero-order valence-electron chi connectivity index (χ0n) is 13.7. The summed E-state index contributed by atoms with van der Waals surface area (Å²) in [5, 5.41) is 24.0. The molecule has 0 fully saturated rings. The number of amides is 2. The number of carbonyl (C=O) groups excluding carboxylic acids is 2. The SMILES string of the molecule is CCn1cc(NC(=O)c2nn(C)c(C)c2[N+](=O)[O-])c(C(=O)NC)n1. The zero-order valence-corrected chi connectivity index (χ0v) is 13.7. The first-order valence-electron chi connectivity index (χ1n) is 7.09. The van der Waals surface area contributed by atoms with Gasteiger partial charge in [0, 0.05) is 26.8 Å². The van der Waals surface area contributed by atoms with Crippen molar-refractivity contribution in [3.05, 3.63) is 33.4 Å². The first-order chi connectivity index (χ1) is 11.3. The van der Waals surface area contributed by atoms with E-state index < -0.39 is 16.7 Å². The number of rotatable bonds is 5. The van der Waals surface area contributed by atoms with E-state index in [4.69, 9.17) is 0 Å². The summed E-state index contributed by atoms with van der Waals surface area (Å²) < 4.78 is 2.72. The first kappa shape index (κ1) is 17.1. The highest BCUT2D eigenvalue weighted by atomic mass is 16.6. The molecule has 2 aromatic rings. The molecule has 0 aromatic carbocycles. The van der Waals surface area contributed by atoms with Crippen LogP contribution in [0.1, 0.15) is 33.6 Å². The molecule has 2 aromatic heterocycles. The van der Waals surface area contributed by atoms with E-state index in [0.717, 1.165) is 0 Å². The lowest BCUT2D eigenvalue weighted by atomic mass is 10.2. The number of nitrogens with zero attached hydrogens (tertiary/aromatic N) is 5. The molecule has 0 saturated carbocycles. The third-order valence-electron chi connectivity index (χ3n) is 3.48. The Bertz CT molecular complexity index is 821. The van der Waals surface area contributed by atoms with Crippen molar-refractivity contribution in [3.8, 4) is 0 Å². The second kappa shape index (κ2) is 6.48. The van der Waals surface area contributed by atoms with Crippen molar-refractivity contribution in [2.75, 3.05) is 12.4 Å². The summed E-state index contributed by atoms with van der Waals surface area (Å²) in [6, 6.07) is 0. The average Bonchev–Trinajstić information content (AvgIpc) is 3.08. The van der Waals surface area contributed by atoms with Crippen molar-refractivity contribution >= 4 is 23.2 Å². The third-order valence-corrected chi connectivity index (χ3v) is 3.48. The smallest absolute Gasteiger partial charge is 0.322 e. The Balaban J connectivity index is 2.41. The Labute approximate surface area is 136 Å². The van der Waals surface area contributed by atoms with Gasteiger partial charge in [0.2, 0.25) is 5.69 Å². The van der Waals surface area contributed by atoms with E-state index in [-0.39, 0.29) is 28.5 Å². The van der Waals surface area contributed by atoms with Crippen LogP contribution < -0.4 is 10.6 Å². The number of anilines is 1. The number of hydrogen-bond acceptors (Lipinski definition) is 6. The van der Waals surface area contributed by atoms with Gasteiger partial charge >= 0.3 is 5.69 Å². The second-order valence-corrected chi connectivity index (χ2v) is 4.94. The highest BCUT2D eigenvalue weighted by Crippen LogP contribution is 2.24. The maximum Gasteiger partial charge on any atom is 0.322 e. The predicted octanol–water partition coefficient (Wildman–Crippen LogP) is 0.465. The molecule has 2 heterocycles. The maximum atomic E-state index is 12.4. The lowest BCUT2D eigenvalue weighted by Gasteiger charge is -2.02. The van der Waals surface area contributed by atoms with E-state index >= 15 is 0 Å². The fourth-order valence-electron chi connectivity index (χ4n) is 2.11. The molecule has 24 heavy (non-hydrogen) atoms. The highest BCUT2D eigenvalue weighted by Gasteiger charge is 2.30. The van der Waals surface area contributed by atoms with Gasteiger partial charge in [-0.25, -0.2) is 0 Å². The molecular formula is C13H17N7O4. The van der Waals surface area contributed by atoms with Gasteiger partial charge in [-0.15, -0.1) is 0 Å². The van der Waals surface area contributed by atoms with Crippen LogP contribution in [0.2, 0.25) is 0 Å². The van der Waals surface area contributed by atoms with E-state index in [1.165, 1.54) is 36.6 Å². The molecule has 2 amide bonds. The fraction of sp³-hybridized carbons (Fsp3) is 0.385. The minimum absolute atomic E-state index is 0.0167. The Morgan fingerprint density at radius 1 is 1.29 bits per heavy atom. The average molecular weight is 335 g/mol. The number of carbonyl (C=O) groups is 2. The van der Waals surface area contributed by atoms with E-state index in [1.807, 2.05) is 6.92 Å². The molecule has 0 atom stereocenters. The molecule has 0 bridgehead atoms. The van der Waals surface area contributed by atoms with Crippen LogP contribution in [-0.4, -0.2) is 43.3 Å². The van der Waals surface area contributed by atoms with Crippen LogP contribution in [0.4, 0.5) is 11.4 Å². The summed E-state index contributed by atoms with van der Waals surface area (Å²) in [5.41, 5.74) is -0.283. The lowest BCUT2D eigenvalue weighted by molar-refractivity contribution is -0.385. The normalized spacial score (nSPS) is 10.5. The van der Waals surface area contributed by atoms with Gasteiger partial charge in [0.25, 0.3) is 11.8 Å². The molecular weight excluding hydrogens is 318 g/mol. The molecule has 0 aliphatic rings. The summed E-state index contributed by atoms with van der Waals surface area (Å²) in [6.45, 7) is 3.80. The van der Waals surface area contributed by atoms with Crippen LogP contribution in [0, 0.1) is 17.0 Å². The molecule has 2 N–H and O–H groups in total. The van der Waals surface area contributed by atoms with Gasteiger partial charge < -0.3 is 10.6 Å². The van der Waals surface area contributed by atoms with Crippen molar-refractivity contribution in [1.82, 2.24) is 24.9 Å². The quantitative estimate of drug-likeness (QED) is 0.601. The molecule has 11 nitrogen and oxygen atoms in total. The number of nitrogens with one attached hydrogen (secondary N) is 2. The number of aromatic nitrogens is 4. The largest absolute Gasteiger partial charge is 0.354 e. The second-order valence-electron chi connectivity index (χ2n) is 4.94. The van der Waals surface area contributed by atoms with Gasteiger partial charge in [0.05, 0.1) is 10.6 Å². The van der Waals surface area contributed by atoms with Crippen molar-refractivity contribution in [3.63, 3.8) is 0 Å². The number of nitro groups is 1. The van der Waals surface area contributed by atoms with Crippen molar-refractivity contribution in [2.45, 2.75) is 20.4 Å². The monoisotopic (exact) mass is 335 g/mol. The number of aryl methyl sites for hydroxylation is 2. The van der Waals surface area contributed by atoms with Gasteiger partial charge in [-0.2, -0.15) is 10.2 Å². The number of hydrogen-bond donors (Lipinski definition) is 2. The summed E-state index contributed by atoms with van der Waals surface area (Å²) in [6.07, 6.45) is 1.48. The van der Waals surface area contributed by atoms with E-state index in [2.05, 4.69) is 20.8 Å². The van der Waals surface area contributed by atoms with E-state index in [0.29, 0.717) is 6.54 Å². The Morgan fingerprint density at radius 3 is 2.50 bits per heavy atom. The van der Waals surface area contributed by atoms with Gasteiger partial charge in [0.15, 0.2) is 5.69 Å². The molecule has 0 saturated heterocycles. The van der Waals surface area contributed by atoms with Crippen LogP contribution in [0.15, 0.2) is 6.20 Å². The fourth-order valence-corrected chi connectivity index (χ4v) is 2.11. The Hall–Kier alpha value is -3.24. The zero-order chi connectivity index (χ0) is 18.0. The molecule has 2 rings (SSSR count). The predicted molar refractivity (Wildman–Crippen MR) is 83.8 cm³/mol. The molecule has 0 radical (unpaired) electrons. The van der Waals surface area contributed by atoms with Crippen LogP contribution in [0.25, 0.3) is 0 Å². The summed E-state index contributed by atoms with van der Waals surface area (Å²) in [5.74, 6) is -1.27. The van der Waals surface area contributed by atoms with Crippen molar-refractivity contribution in [1.29, 1.82) is 0 Å². The summed E-state index contributed by atoms with van der Waals surface area (Å²) >= 11 is 0. The first-order valence-corrected chi connectivity index (χ1v) is 7.09. The van der Waals surface area contributed by atoms with Crippen LogP contribution in [0.5, 0.6) is 0 Å². The molecule has 0 unspecified atom stereocenters. The molecule has 0 spiro atoms. The minimum Gasteiger partial charge on any atom is -0.354 e. The Kier molecular flexibility index (Phi) is 4.62. The summed E-state index contributed by atoms with van der Waals surface area (Å²) in [7, 11) is 2.94. The van der Waals surface area contributed by atoms with Crippen molar-refractivity contribution < 1.29 is 14.5 Å².